The Bertz CT molecular complexity index is 1240. The number of nitrogen functional groups attached to an aromatic ring is 1. The van der Waals surface area contributed by atoms with Crippen LogP contribution in [-0.2, 0) is 9.59 Å². The molecule has 1 aliphatic heterocycles. The maximum atomic E-state index is 12.8. The van der Waals surface area contributed by atoms with E-state index < -0.39 is 17.8 Å². The number of nitrogens with one attached hydrogen (secondary N) is 1. The van der Waals surface area contributed by atoms with Gasteiger partial charge >= 0.3 is 5.97 Å². The van der Waals surface area contributed by atoms with Crippen molar-refractivity contribution in [3.63, 3.8) is 0 Å². The average Bonchev–Trinajstić information content (AvgIpc) is 3.00. The highest BCUT2D eigenvalue weighted by molar-refractivity contribution is 14.1. The highest BCUT2D eigenvalue weighted by atomic mass is 127. The van der Waals surface area contributed by atoms with E-state index in [-0.39, 0.29) is 10.7 Å². The van der Waals surface area contributed by atoms with Crippen LogP contribution in [0.3, 0.4) is 0 Å². The van der Waals surface area contributed by atoms with Crippen LogP contribution in [-0.4, -0.2) is 17.8 Å². The molecule has 160 valence electrons. The van der Waals surface area contributed by atoms with Crippen LogP contribution in [0.1, 0.15) is 10.4 Å². The van der Waals surface area contributed by atoms with E-state index >= 15 is 0 Å². The van der Waals surface area contributed by atoms with Crippen LogP contribution >= 0.6 is 34.2 Å². The number of benzene rings is 3. The Morgan fingerprint density at radius 1 is 0.906 bits per heavy atom. The lowest BCUT2D eigenvalue weighted by atomic mass is 10.2. The first-order valence-corrected chi connectivity index (χ1v) is 10.8. The van der Waals surface area contributed by atoms with Crippen molar-refractivity contribution < 1.29 is 19.1 Å². The van der Waals surface area contributed by atoms with E-state index in [0.29, 0.717) is 28.4 Å². The van der Waals surface area contributed by atoms with Crippen LogP contribution in [0.25, 0.3) is 0 Å². The summed E-state index contributed by atoms with van der Waals surface area (Å²) < 4.78 is 6.27. The number of rotatable bonds is 5. The maximum absolute atomic E-state index is 12.8. The minimum Gasteiger partial charge on any atom is -0.423 e. The summed E-state index contributed by atoms with van der Waals surface area (Å²) in [5.41, 5.74) is 7.36. The number of hydrogen-bond donors (Lipinski definition) is 2. The number of ether oxygens (including phenoxy) is 1. The van der Waals surface area contributed by atoms with Crippen molar-refractivity contribution >= 4 is 69.0 Å². The molecular weight excluding hydrogens is 545 g/mol. The molecule has 0 fully saturated rings. The van der Waals surface area contributed by atoms with E-state index in [1.807, 2.05) is 0 Å². The number of halogens is 2. The van der Waals surface area contributed by atoms with Crippen molar-refractivity contribution in [3.8, 4) is 5.75 Å². The zero-order valence-electron chi connectivity index (χ0n) is 16.3. The fourth-order valence-corrected chi connectivity index (χ4v) is 3.54. The van der Waals surface area contributed by atoms with Gasteiger partial charge in [-0.05, 0) is 95.4 Å². The topological polar surface area (TPSA) is 102 Å². The van der Waals surface area contributed by atoms with Crippen molar-refractivity contribution in [1.29, 1.82) is 0 Å². The van der Waals surface area contributed by atoms with Crippen LogP contribution in [0.15, 0.2) is 83.5 Å². The zero-order chi connectivity index (χ0) is 22.8. The van der Waals surface area contributed by atoms with E-state index in [4.69, 9.17) is 22.1 Å². The minimum atomic E-state index is -0.607. The molecule has 0 bridgehead atoms. The Hall–Kier alpha value is -3.37. The number of hydrogen-bond acceptors (Lipinski definition) is 6. The summed E-state index contributed by atoms with van der Waals surface area (Å²) in [7, 11) is 0. The Morgan fingerprint density at radius 3 is 2.16 bits per heavy atom. The first kappa shape index (κ1) is 21.8. The fourth-order valence-electron chi connectivity index (χ4n) is 2.97. The smallest absolute Gasteiger partial charge is 0.343 e. The SMILES string of the molecule is Nc1ccc(OC(=O)c2ccc(NC3=C(Cl)C(=O)N(c4ccc(I)cc4)C3=O)cc2)cc1. The van der Waals surface area contributed by atoms with Crippen LogP contribution in [0.2, 0.25) is 0 Å². The predicted octanol–water partition coefficient (Wildman–Crippen LogP) is 4.53. The second-order valence-corrected chi connectivity index (χ2v) is 8.40. The van der Waals surface area contributed by atoms with Gasteiger partial charge in [0.15, 0.2) is 0 Å². The molecular formula is C23H15ClIN3O4. The molecule has 7 nitrogen and oxygen atoms in total. The number of esters is 1. The quantitative estimate of drug-likeness (QED) is 0.157. The lowest BCUT2D eigenvalue weighted by Gasteiger charge is -2.15. The Balaban J connectivity index is 1.47. The molecule has 9 heteroatoms. The van der Waals surface area contributed by atoms with Gasteiger partial charge in [-0.15, -0.1) is 0 Å². The van der Waals surface area contributed by atoms with Gasteiger partial charge in [0, 0.05) is 14.9 Å². The Kier molecular flexibility index (Phi) is 6.15. The summed E-state index contributed by atoms with van der Waals surface area (Å²) in [6.45, 7) is 0. The standard InChI is InChI=1S/C23H15ClIN3O4/c24-19-20(22(30)28(21(19)29)17-9-3-14(25)4-10-17)27-16-7-1-13(2-8-16)23(31)32-18-11-5-15(26)6-12-18/h1-12,27H,26H2. The zero-order valence-corrected chi connectivity index (χ0v) is 19.3. The lowest BCUT2D eigenvalue weighted by molar-refractivity contribution is -0.120. The highest BCUT2D eigenvalue weighted by Gasteiger charge is 2.38. The monoisotopic (exact) mass is 559 g/mol. The van der Waals surface area contributed by atoms with Gasteiger partial charge < -0.3 is 15.8 Å². The van der Waals surface area contributed by atoms with Gasteiger partial charge in [0.05, 0.1) is 11.3 Å². The summed E-state index contributed by atoms with van der Waals surface area (Å²) in [4.78, 5) is 38.7. The van der Waals surface area contributed by atoms with Crippen molar-refractivity contribution in [2.45, 2.75) is 0 Å². The second kappa shape index (κ2) is 9.01. The predicted molar refractivity (Wildman–Crippen MR) is 130 cm³/mol. The molecule has 0 saturated heterocycles. The van der Waals surface area contributed by atoms with Crippen molar-refractivity contribution in [2.24, 2.45) is 0 Å². The van der Waals surface area contributed by atoms with Crippen molar-refractivity contribution in [1.82, 2.24) is 0 Å². The third-order valence-electron chi connectivity index (χ3n) is 4.59. The van der Waals surface area contributed by atoms with Crippen LogP contribution < -0.4 is 20.7 Å². The van der Waals surface area contributed by atoms with Crippen LogP contribution in [0, 0.1) is 3.57 Å². The first-order chi connectivity index (χ1) is 15.3. The van der Waals surface area contributed by atoms with Gasteiger partial charge in [-0.3, -0.25) is 9.59 Å². The van der Waals surface area contributed by atoms with Gasteiger partial charge in [0.25, 0.3) is 11.8 Å². The number of carbonyl (C=O) groups is 3. The summed E-state index contributed by atoms with van der Waals surface area (Å²) in [6, 6.07) is 19.6. The summed E-state index contributed by atoms with van der Waals surface area (Å²) >= 11 is 8.29. The van der Waals surface area contributed by atoms with Gasteiger partial charge in [0.1, 0.15) is 16.5 Å². The van der Waals surface area contributed by atoms with Crippen LogP contribution in [0.4, 0.5) is 17.1 Å². The van der Waals surface area contributed by atoms with E-state index in [2.05, 4.69) is 27.9 Å². The van der Waals surface area contributed by atoms with Gasteiger partial charge in [-0.2, -0.15) is 0 Å². The third-order valence-corrected chi connectivity index (χ3v) is 5.66. The molecule has 0 aliphatic carbocycles. The highest BCUT2D eigenvalue weighted by Crippen LogP contribution is 2.30. The molecule has 0 aromatic heterocycles. The van der Waals surface area contributed by atoms with Crippen LogP contribution in [0.5, 0.6) is 5.75 Å². The Labute approximate surface area is 201 Å². The lowest BCUT2D eigenvalue weighted by Crippen LogP contribution is -2.32. The summed E-state index contributed by atoms with van der Waals surface area (Å²) in [6.07, 6.45) is 0. The molecule has 2 amide bonds. The average molecular weight is 560 g/mol. The molecule has 0 atom stereocenters. The molecule has 3 aromatic rings. The van der Waals surface area contributed by atoms with Crippen molar-refractivity contribution in [3.05, 3.63) is 92.7 Å². The molecule has 1 aliphatic rings. The summed E-state index contributed by atoms with van der Waals surface area (Å²) in [5, 5.41) is 2.66. The second-order valence-electron chi connectivity index (χ2n) is 6.77. The van der Waals surface area contributed by atoms with Gasteiger partial charge in [-0.25, -0.2) is 9.69 Å². The molecule has 0 spiro atoms. The number of anilines is 3. The molecule has 32 heavy (non-hydrogen) atoms. The molecule has 3 N–H and O–H groups in total. The molecule has 0 radical (unpaired) electrons. The molecule has 1 heterocycles. The molecule has 3 aromatic carbocycles. The fraction of sp³-hybridized carbons (Fsp3) is 0. The minimum absolute atomic E-state index is 0.0348. The summed E-state index contributed by atoms with van der Waals surface area (Å²) in [5.74, 6) is -1.35. The molecule has 4 rings (SSSR count). The maximum Gasteiger partial charge on any atom is 0.343 e. The van der Waals surface area contributed by atoms with E-state index in [0.717, 1.165) is 8.47 Å². The van der Waals surface area contributed by atoms with E-state index in [9.17, 15) is 14.4 Å². The number of amides is 2. The van der Waals surface area contributed by atoms with Gasteiger partial charge in [0.2, 0.25) is 0 Å². The molecule has 0 saturated carbocycles. The normalized spacial score (nSPS) is 13.5. The van der Waals surface area contributed by atoms with Crippen molar-refractivity contribution in [2.75, 3.05) is 16.0 Å². The number of nitrogens with two attached hydrogens (primary N) is 1. The van der Waals surface area contributed by atoms with E-state index in [1.54, 1.807) is 60.7 Å². The first-order valence-electron chi connectivity index (χ1n) is 9.32. The van der Waals surface area contributed by atoms with Gasteiger partial charge in [-0.1, -0.05) is 11.6 Å². The molecule has 0 unspecified atom stereocenters. The Morgan fingerprint density at radius 2 is 1.53 bits per heavy atom. The number of nitrogens with zero attached hydrogens (tertiary/aromatic N) is 1. The largest absolute Gasteiger partial charge is 0.423 e. The third kappa shape index (κ3) is 4.46. The van der Waals surface area contributed by atoms with E-state index in [1.165, 1.54) is 12.1 Å². The number of carbonyl (C=O) groups excluding carboxylic acids is 3. The number of imide groups is 1.